The zero-order valence-corrected chi connectivity index (χ0v) is 14.0. The van der Waals surface area contributed by atoms with E-state index in [9.17, 15) is 0 Å². The Labute approximate surface area is 142 Å². The summed E-state index contributed by atoms with van der Waals surface area (Å²) in [5.74, 6) is 0.636. The van der Waals surface area contributed by atoms with Crippen LogP contribution in [-0.4, -0.2) is 7.11 Å². The summed E-state index contributed by atoms with van der Waals surface area (Å²) in [6.07, 6.45) is 5.56. The van der Waals surface area contributed by atoms with E-state index in [1.165, 1.54) is 28.7 Å². The average molecular weight is 316 g/mol. The van der Waals surface area contributed by atoms with Gasteiger partial charge in [-0.05, 0) is 40.6 Å². The topological polar surface area (TPSA) is 18.5 Å². The van der Waals surface area contributed by atoms with Crippen LogP contribution in [-0.2, 0) is 9.78 Å². The van der Waals surface area contributed by atoms with Gasteiger partial charge in [0, 0.05) is 11.1 Å². The highest BCUT2D eigenvalue weighted by molar-refractivity contribution is 6.10. The maximum atomic E-state index is 5.41. The van der Waals surface area contributed by atoms with Crippen LogP contribution in [0.1, 0.15) is 12.5 Å². The van der Waals surface area contributed by atoms with Crippen molar-refractivity contribution in [3.05, 3.63) is 90.7 Å². The molecule has 0 aliphatic carbocycles. The summed E-state index contributed by atoms with van der Waals surface area (Å²) in [6, 6.07) is 19.0. The van der Waals surface area contributed by atoms with Crippen molar-refractivity contribution >= 4 is 27.1 Å². The van der Waals surface area contributed by atoms with Gasteiger partial charge in [0.1, 0.15) is 0 Å². The van der Waals surface area contributed by atoms with E-state index in [1.54, 1.807) is 6.08 Å². The monoisotopic (exact) mass is 316 g/mol. The molecule has 2 nitrogen and oxygen atoms in total. The van der Waals surface area contributed by atoms with Gasteiger partial charge in [-0.15, -0.1) is 0 Å². The molecule has 0 aromatic heterocycles. The molecule has 3 rings (SSSR count). The first kappa shape index (κ1) is 16.0. The molecule has 0 radical (unpaired) electrons. The zero-order chi connectivity index (χ0) is 16.9. The lowest BCUT2D eigenvalue weighted by Crippen LogP contribution is -1.98. The van der Waals surface area contributed by atoms with Gasteiger partial charge in [0.05, 0.1) is 7.11 Å². The maximum Gasteiger partial charge on any atom is 0.172 e. The van der Waals surface area contributed by atoms with Crippen molar-refractivity contribution in [1.29, 1.82) is 0 Å². The molecule has 2 heteroatoms. The van der Waals surface area contributed by atoms with E-state index in [0.29, 0.717) is 5.76 Å². The van der Waals surface area contributed by atoms with Crippen LogP contribution in [0.2, 0.25) is 0 Å². The number of rotatable bonds is 5. The van der Waals surface area contributed by atoms with Gasteiger partial charge in [-0.2, -0.15) is 4.89 Å². The van der Waals surface area contributed by atoms with E-state index < -0.39 is 0 Å². The van der Waals surface area contributed by atoms with Crippen LogP contribution in [0.15, 0.2) is 85.2 Å². The first-order valence-electron chi connectivity index (χ1n) is 7.91. The molecule has 0 spiro atoms. The van der Waals surface area contributed by atoms with Crippen molar-refractivity contribution in [3.63, 3.8) is 0 Å². The summed E-state index contributed by atoms with van der Waals surface area (Å²) in [4.78, 5) is 10.3. The Morgan fingerprint density at radius 3 is 2.04 bits per heavy atom. The van der Waals surface area contributed by atoms with Crippen molar-refractivity contribution in [2.45, 2.75) is 6.92 Å². The average Bonchev–Trinajstić information content (AvgIpc) is 2.62. The zero-order valence-electron chi connectivity index (χ0n) is 14.0. The predicted octanol–water partition coefficient (Wildman–Crippen LogP) is 6.04. The van der Waals surface area contributed by atoms with E-state index in [-0.39, 0.29) is 0 Å². The molecule has 0 amide bonds. The summed E-state index contributed by atoms with van der Waals surface area (Å²) in [5.41, 5.74) is 2.11. The van der Waals surface area contributed by atoms with E-state index in [2.05, 4.69) is 61.2 Å². The Bertz CT molecular complexity index is 895. The molecule has 0 saturated carbocycles. The van der Waals surface area contributed by atoms with E-state index in [0.717, 1.165) is 11.1 Å². The van der Waals surface area contributed by atoms with Crippen molar-refractivity contribution in [3.8, 4) is 0 Å². The van der Waals surface area contributed by atoms with E-state index in [4.69, 9.17) is 9.78 Å². The van der Waals surface area contributed by atoms with Gasteiger partial charge in [0.15, 0.2) is 5.76 Å². The third-order valence-electron chi connectivity index (χ3n) is 4.04. The molecule has 0 aliphatic heterocycles. The van der Waals surface area contributed by atoms with Gasteiger partial charge in [-0.1, -0.05) is 67.3 Å². The maximum absolute atomic E-state index is 5.41. The van der Waals surface area contributed by atoms with Gasteiger partial charge in [-0.3, -0.25) is 0 Å². The molecule has 3 aromatic carbocycles. The van der Waals surface area contributed by atoms with E-state index >= 15 is 0 Å². The van der Waals surface area contributed by atoms with Crippen LogP contribution in [0.3, 0.4) is 0 Å². The Balaban J connectivity index is 2.40. The summed E-state index contributed by atoms with van der Waals surface area (Å²) in [5, 5.41) is 4.75. The Kier molecular flexibility index (Phi) is 4.78. The Morgan fingerprint density at radius 2 is 1.54 bits per heavy atom. The van der Waals surface area contributed by atoms with Crippen LogP contribution in [0.5, 0.6) is 0 Å². The minimum atomic E-state index is 0.636. The molecular formula is C22H20O2. The van der Waals surface area contributed by atoms with Gasteiger partial charge in [0.2, 0.25) is 0 Å². The lowest BCUT2D eigenvalue weighted by molar-refractivity contribution is -0.231. The van der Waals surface area contributed by atoms with Crippen LogP contribution >= 0.6 is 0 Å². The van der Waals surface area contributed by atoms with Crippen LogP contribution < -0.4 is 0 Å². The molecule has 0 aliphatic rings. The van der Waals surface area contributed by atoms with Gasteiger partial charge >= 0.3 is 0 Å². The number of allylic oxidation sites excluding steroid dienone is 4. The van der Waals surface area contributed by atoms with Crippen LogP contribution in [0.4, 0.5) is 0 Å². The fourth-order valence-corrected chi connectivity index (χ4v) is 3.07. The van der Waals surface area contributed by atoms with E-state index in [1.807, 2.05) is 19.1 Å². The number of hydrogen-bond donors (Lipinski definition) is 0. The first-order chi connectivity index (χ1) is 11.8. The van der Waals surface area contributed by atoms with Crippen molar-refractivity contribution in [2.75, 3.05) is 7.11 Å². The van der Waals surface area contributed by atoms with Crippen molar-refractivity contribution in [2.24, 2.45) is 0 Å². The second-order valence-electron chi connectivity index (χ2n) is 5.41. The molecule has 0 fully saturated rings. The van der Waals surface area contributed by atoms with Gasteiger partial charge < -0.3 is 4.89 Å². The predicted molar refractivity (Wildman–Crippen MR) is 101 cm³/mol. The lowest BCUT2D eigenvalue weighted by Gasteiger charge is -2.16. The van der Waals surface area contributed by atoms with Crippen LogP contribution in [0.25, 0.3) is 27.1 Å². The van der Waals surface area contributed by atoms with Gasteiger partial charge in [0.25, 0.3) is 0 Å². The number of hydrogen-bond acceptors (Lipinski definition) is 2. The first-order valence-corrected chi connectivity index (χ1v) is 7.91. The normalized spacial score (nSPS) is 12.6. The molecule has 0 unspecified atom stereocenters. The largest absolute Gasteiger partial charge is 0.337 e. The minimum absolute atomic E-state index is 0.636. The highest BCUT2D eigenvalue weighted by Gasteiger charge is 2.16. The Morgan fingerprint density at radius 1 is 0.958 bits per heavy atom. The third-order valence-corrected chi connectivity index (χ3v) is 4.04. The van der Waals surface area contributed by atoms with Crippen LogP contribution in [0, 0.1) is 0 Å². The third kappa shape index (κ3) is 2.84. The molecule has 0 bridgehead atoms. The summed E-state index contributed by atoms with van der Waals surface area (Å²) < 4.78 is 0. The van der Waals surface area contributed by atoms with Crippen molar-refractivity contribution < 1.29 is 9.78 Å². The molecule has 0 atom stereocenters. The summed E-state index contributed by atoms with van der Waals surface area (Å²) in [7, 11) is 1.51. The smallest absolute Gasteiger partial charge is 0.172 e. The fourth-order valence-electron chi connectivity index (χ4n) is 3.07. The lowest BCUT2D eigenvalue weighted by atomic mass is 9.91. The number of fused-ring (bicyclic) bond motifs is 2. The summed E-state index contributed by atoms with van der Waals surface area (Å²) >= 11 is 0. The fraction of sp³-hybridized carbons (Fsp3) is 0.0909. The van der Waals surface area contributed by atoms with Crippen molar-refractivity contribution in [1.82, 2.24) is 0 Å². The molecule has 24 heavy (non-hydrogen) atoms. The molecule has 0 N–H and O–H groups in total. The second-order valence-corrected chi connectivity index (χ2v) is 5.41. The SMILES string of the molecule is C=C/C=C(OOC)\C(=C/C)c1c2ccccc2cc2ccccc12. The number of benzene rings is 3. The standard InChI is InChI=1S/C22H20O2/c1-4-10-21(24-23-3)18(5-2)22-19-13-8-6-11-16(19)15-17-12-7-9-14-20(17)22/h4-15H,1H2,2-3H3/b18-5+,21-10+. The van der Waals surface area contributed by atoms with Gasteiger partial charge in [-0.25, -0.2) is 0 Å². The highest BCUT2D eigenvalue weighted by Crippen LogP contribution is 2.36. The minimum Gasteiger partial charge on any atom is -0.337 e. The second kappa shape index (κ2) is 7.16. The molecule has 0 saturated heterocycles. The Hall–Kier alpha value is -2.84. The summed E-state index contributed by atoms with van der Waals surface area (Å²) in [6.45, 7) is 5.78. The molecule has 120 valence electrons. The molecular weight excluding hydrogens is 296 g/mol. The highest BCUT2D eigenvalue weighted by atomic mass is 17.2. The molecule has 3 aromatic rings. The molecule has 0 heterocycles. The quantitative estimate of drug-likeness (QED) is 0.188.